The molecule has 3 N–H and O–H groups in total. The Balaban J connectivity index is 2.28. The van der Waals surface area contributed by atoms with E-state index in [1.165, 1.54) is 12.1 Å². The van der Waals surface area contributed by atoms with E-state index in [9.17, 15) is 22.8 Å². The standard InChI is InChI=1S/C16H23N3O6S/c1-3-12(2)18-16(22)19-14(20)11-25-15(21)9-10-17-26(23,24)13-7-5-4-6-8-13/h4-8,12,17H,3,9-11H2,1-2H3,(H2,18,19,20,22)/t12-/m0/s1. The van der Waals surface area contributed by atoms with Gasteiger partial charge in [0.05, 0.1) is 11.3 Å². The summed E-state index contributed by atoms with van der Waals surface area (Å²) in [7, 11) is -3.71. The Morgan fingerprint density at radius 1 is 1.15 bits per heavy atom. The zero-order chi connectivity index (χ0) is 19.6. The van der Waals surface area contributed by atoms with E-state index in [1.54, 1.807) is 25.1 Å². The summed E-state index contributed by atoms with van der Waals surface area (Å²) in [5.74, 6) is -1.54. The smallest absolute Gasteiger partial charge is 0.321 e. The maximum Gasteiger partial charge on any atom is 0.321 e. The minimum Gasteiger partial charge on any atom is -0.456 e. The largest absolute Gasteiger partial charge is 0.456 e. The van der Waals surface area contributed by atoms with Crippen LogP contribution in [0.4, 0.5) is 4.79 Å². The normalized spacial score (nSPS) is 12.1. The van der Waals surface area contributed by atoms with Crippen LogP contribution in [0.3, 0.4) is 0 Å². The zero-order valence-corrected chi connectivity index (χ0v) is 15.5. The molecule has 144 valence electrons. The van der Waals surface area contributed by atoms with Crippen molar-refractivity contribution in [2.45, 2.75) is 37.6 Å². The highest BCUT2D eigenvalue weighted by molar-refractivity contribution is 7.89. The highest BCUT2D eigenvalue weighted by Crippen LogP contribution is 2.06. The summed E-state index contributed by atoms with van der Waals surface area (Å²) >= 11 is 0. The lowest BCUT2D eigenvalue weighted by molar-refractivity contribution is -0.148. The molecule has 1 aromatic carbocycles. The van der Waals surface area contributed by atoms with E-state index in [4.69, 9.17) is 4.74 Å². The fourth-order valence-corrected chi connectivity index (χ4v) is 2.77. The summed E-state index contributed by atoms with van der Waals surface area (Å²) in [6.07, 6.45) is 0.452. The van der Waals surface area contributed by atoms with E-state index in [2.05, 4.69) is 10.0 Å². The Labute approximate surface area is 152 Å². The second-order valence-corrected chi connectivity index (χ2v) is 7.22. The molecule has 0 bridgehead atoms. The minimum atomic E-state index is -3.71. The number of carbonyl (C=O) groups excluding carboxylic acids is 3. The van der Waals surface area contributed by atoms with E-state index in [0.29, 0.717) is 6.42 Å². The third-order valence-corrected chi connectivity index (χ3v) is 4.76. The van der Waals surface area contributed by atoms with Gasteiger partial charge in [0.15, 0.2) is 6.61 Å². The van der Waals surface area contributed by atoms with Crippen LogP contribution in [-0.2, 0) is 24.3 Å². The summed E-state index contributed by atoms with van der Waals surface area (Å²) in [5.41, 5.74) is 0. The summed E-state index contributed by atoms with van der Waals surface area (Å²) in [6.45, 7) is 2.85. The molecule has 0 unspecified atom stereocenters. The first-order chi connectivity index (χ1) is 12.2. The molecule has 9 nitrogen and oxygen atoms in total. The molecule has 0 aliphatic rings. The van der Waals surface area contributed by atoms with Crippen LogP contribution in [0.1, 0.15) is 26.7 Å². The number of benzene rings is 1. The van der Waals surface area contributed by atoms with E-state index in [1.807, 2.05) is 12.2 Å². The molecule has 0 aliphatic heterocycles. The van der Waals surface area contributed by atoms with Gasteiger partial charge in [0, 0.05) is 12.6 Å². The molecule has 1 rings (SSSR count). The van der Waals surface area contributed by atoms with Gasteiger partial charge in [-0.15, -0.1) is 0 Å². The molecule has 0 aromatic heterocycles. The van der Waals surface area contributed by atoms with Crippen molar-refractivity contribution < 1.29 is 27.5 Å². The number of urea groups is 1. The van der Waals surface area contributed by atoms with Crippen LogP contribution in [-0.4, -0.2) is 45.5 Å². The molecule has 0 aliphatic carbocycles. The molecular weight excluding hydrogens is 362 g/mol. The molecule has 3 amide bonds. The van der Waals surface area contributed by atoms with Crippen molar-refractivity contribution in [2.75, 3.05) is 13.2 Å². The Bertz CT molecular complexity index is 721. The predicted octanol–water partition coefficient (Wildman–Crippen LogP) is 0.523. The van der Waals surface area contributed by atoms with Crippen LogP contribution in [0.25, 0.3) is 0 Å². The molecule has 0 radical (unpaired) electrons. The highest BCUT2D eigenvalue weighted by Gasteiger charge is 2.15. The maximum atomic E-state index is 11.9. The molecule has 1 aromatic rings. The number of sulfonamides is 1. The highest BCUT2D eigenvalue weighted by atomic mass is 32.2. The number of amides is 3. The first-order valence-corrected chi connectivity index (χ1v) is 9.53. The molecule has 0 heterocycles. The molecule has 0 spiro atoms. The lowest BCUT2D eigenvalue weighted by Crippen LogP contribution is -2.44. The molecule has 1 atom stereocenters. The van der Waals surface area contributed by atoms with Gasteiger partial charge in [0.2, 0.25) is 10.0 Å². The van der Waals surface area contributed by atoms with Crippen molar-refractivity contribution in [1.82, 2.24) is 15.4 Å². The molecule has 26 heavy (non-hydrogen) atoms. The Hall–Kier alpha value is -2.46. The van der Waals surface area contributed by atoms with Gasteiger partial charge in [-0.25, -0.2) is 17.9 Å². The maximum absolute atomic E-state index is 11.9. The predicted molar refractivity (Wildman–Crippen MR) is 93.6 cm³/mol. The number of ether oxygens (including phenoxy) is 1. The average Bonchev–Trinajstić information content (AvgIpc) is 2.60. The number of imide groups is 1. The minimum absolute atomic E-state index is 0.0834. The van der Waals surface area contributed by atoms with Gasteiger partial charge >= 0.3 is 12.0 Å². The summed E-state index contributed by atoms with van der Waals surface area (Å²) in [6, 6.07) is 6.94. The molecule has 0 saturated heterocycles. The van der Waals surface area contributed by atoms with Gasteiger partial charge < -0.3 is 10.1 Å². The van der Waals surface area contributed by atoms with Crippen LogP contribution in [0.5, 0.6) is 0 Å². The number of nitrogens with one attached hydrogen (secondary N) is 3. The lowest BCUT2D eigenvalue weighted by atomic mass is 10.3. The van der Waals surface area contributed by atoms with E-state index in [0.717, 1.165) is 0 Å². The number of hydrogen-bond acceptors (Lipinski definition) is 6. The van der Waals surface area contributed by atoms with Gasteiger partial charge in [-0.2, -0.15) is 0 Å². The average molecular weight is 385 g/mol. The van der Waals surface area contributed by atoms with Crippen LogP contribution in [0.15, 0.2) is 35.2 Å². The van der Waals surface area contributed by atoms with Gasteiger partial charge in [0.25, 0.3) is 5.91 Å². The second kappa shape index (κ2) is 10.5. The first kappa shape index (κ1) is 21.6. The fraction of sp³-hybridized carbons (Fsp3) is 0.438. The Morgan fingerprint density at radius 3 is 2.42 bits per heavy atom. The quantitative estimate of drug-likeness (QED) is 0.531. The van der Waals surface area contributed by atoms with Crippen molar-refractivity contribution in [2.24, 2.45) is 0 Å². The van der Waals surface area contributed by atoms with Gasteiger partial charge in [-0.3, -0.25) is 14.9 Å². The number of rotatable bonds is 9. The van der Waals surface area contributed by atoms with E-state index < -0.39 is 34.5 Å². The van der Waals surface area contributed by atoms with Crippen LogP contribution < -0.4 is 15.4 Å². The summed E-state index contributed by atoms with van der Waals surface area (Å²) in [4.78, 5) is 34.5. The first-order valence-electron chi connectivity index (χ1n) is 8.05. The topological polar surface area (TPSA) is 131 Å². The lowest BCUT2D eigenvalue weighted by Gasteiger charge is -2.11. The summed E-state index contributed by atoms with van der Waals surface area (Å²) < 4.78 is 30.8. The van der Waals surface area contributed by atoms with E-state index in [-0.39, 0.29) is 23.9 Å². The molecule has 10 heteroatoms. The van der Waals surface area contributed by atoms with Gasteiger partial charge in [0.1, 0.15) is 0 Å². The van der Waals surface area contributed by atoms with Crippen molar-refractivity contribution in [3.63, 3.8) is 0 Å². The van der Waals surface area contributed by atoms with Crippen molar-refractivity contribution in [1.29, 1.82) is 0 Å². The van der Waals surface area contributed by atoms with Crippen LogP contribution in [0.2, 0.25) is 0 Å². The van der Waals surface area contributed by atoms with Gasteiger partial charge in [-0.05, 0) is 25.5 Å². The molecule has 0 fully saturated rings. The zero-order valence-electron chi connectivity index (χ0n) is 14.7. The second-order valence-electron chi connectivity index (χ2n) is 5.45. The SMILES string of the molecule is CC[C@H](C)NC(=O)NC(=O)COC(=O)CCNS(=O)(=O)c1ccccc1. The van der Waals surface area contributed by atoms with E-state index >= 15 is 0 Å². The number of carbonyl (C=O) groups is 3. The van der Waals surface area contributed by atoms with Crippen molar-refractivity contribution in [3.05, 3.63) is 30.3 Å². The van der Waals surface area contributed by atoms with Crippen LogP contribution in [0, 0.1) is 0 Å². The molecular formula is C16H23N3O6S. The molecule has 0 saturated carbocycles. The number of esters is 1. The fourth-order valence-electron chi connectivity index (χ4n) is 1.71. The van der Waals surface area contributed by atoms with Crippen LogP contribution >= 0.6 is 0 Å². The monoisotopic (exact) mass is 385 g/mol. The van der Waals surface area contributed by atoms with Crippen molar-refractivity contribution in [3.8, 4) is 0 Å². The Kier molecular flexibility index (Phi) is 8.73. The summed E-state index contributed by atoms with van der Waals surface area (Å²) in [5, 5.41) is 4.55. The number of hydrogen-bond donors (Lipinski definition) is 3. The van der Waals surface area contributed by atoms with Crippen molar-refractivity contribution >= 4 is 27.9 Å². The third-order valence-electron chi connectivity index (χ3n) is 3.28. The Morgan fingerprint density at radius 2 is 1.81 bits per heavy atom. The third kappa shape index (κ3) is 8.08. The van der Waals surface area contributed by atoms with Gasteiger partial charge in [-0.1, -0.05) is 25.1 Å².